The Morgan fingerprint density at radius 1 is 1.50 bits per heavy atom. The van der Waals surface area contributed by atoms with E-state index >= 15 is 0 Å². The molecule has 1 unspecified atom stereocenters. The largest absolute Gasteiger partial charge is 0.339 e. The summed E-state index contributed by atoms with van der Waals surface area (Å²) in [5.41, 5.74) is 0.688. The lowest BCUT2D eigenvalue weighted by atomic mass is 9.98. The van der Waals surface area contributed by atoms with Gasteiger partial charge in [0, 0.05) is 23.8 Å². The molecule has 1 fully saturated rings. The molecule has 3 rings (SSSR count). The number of aromatic nitrogens is 2. The maximum atomic E-state index is 12.4. The topological polar surface area (TPSA) is 71.3 Å². The Balaban J connectivity index is 1.65. The molecule has 0 saturated carbocycles. The van der Waals surface area contributed by atoms with Crippen LogP contribution < -0.4 is 5.32 Å². The second kappa shape index (κ2) is 6.36. The van der Waals surface area contributed by atoms with Crippen LogP contribution in [0.5, 0.6) is 0 Å². The van der Waals surface area contributed by atoms with Gasteiger partial charge in [0.1, 0.15) is 0 Å². The van der Waals surface area contributed by atoms with Gasteiger partial charge in [-0.15, -0.1) is 0 Å². The van der Waals surface area contributed by atoms with E-state index in [0.29, 0.717) is 29.0 Å². The highest BCUT2D eigenvalue weighted by atomic mass is 35.5. The standard InChI is InChI=1S/C15H17ClN4O2/c1-10-17-14(22-19-10)11-4-3-7-20(9-11)15(21)18-13-6-2-5-12(16)8-13/h2,5-6,8,11H,3-4,7,9H2,1H3,(H,18,21). The third-order valence-corrected chi connectivity index (χ3v) is 3.91. The number of hydrogen-bond acceptors (Lipinski definition) is 4. The maximum absolute atomic E-state index is 12.4. The third-order valence-electron chi connectivity index (χ3n) is 3.68. The summed E-state index contributed by atoms with van der Waals surface area (Å²) in [7, 11) is 0. The van der Waals surface area contributed by atoms with Gasteiger partial charge in [-0.2, -0.15) is 4.98 Å². The first-order chi connectivity index (χ1) is 10.6. The van der Waals surface area contributed by atoms with Crippen LogP contribution in [-0.4, -0.2) is 34.2 Å². The highest BCUT2D eigenvalue weighted by Crippen LogP contribution is 2.26. The molecule has 116 valence electrons. The second-order valence-electron chi connectivity index (χ2n) is 5.41. The van der Waals surface area contributed by atoms with Crippen molar-refractivity contribution in [1.29, 1.82) is 0 Å². The lowest BCUT2D eigenvalue weighted by molar-refractivity contribution is 0.184. The first-order valence-corrected chi connectivity index (χ1v) is 7.61. The zero-order chi connectivity index (χ0) is 15.5. The molecule has 2 aromatic rings. The van der Waals surface area contributed by atoms with Crippen LogP contribution in [0.4, 0.5) is 10.5 Å². The Morgan fingerprint density at radius 3 is 3.09 bits per heavy atom. The number of nitrogens with one attached hydrogen (secondary N) is 1. The minimum Gasteiger partial charge on any atom is -0.339 e. The normalized spacial score (nSPS) is 18.3. The van der Waals surface area contributed by atoms with E-state index in [1.54, 1.807) is 30.0 Å². The third kappa shape index (κ3) is 3.39. The summed E-state index contributed by atoms with van der Waals surface area (Å²) >= 11 is 5.93. The Morgan fingerprint density at radius 2 is 2.36 bits per heavy atom. The summed E-state index contributed by atoms with van der Waals surface area (Å²) in [5, 5.41) is 7.28. The lowest BCUT2D eigenvalue weighted by Crippen LogP contribution is -2.41. The molecule has 1 atom stereocenters. The molecule has 22 heavy (non-hydrogen) atoms. The molecule has 1 aromatic heterocycles. The molecule has 2 heterocycles. The van der Waals surface area contributed by atoms with Crippen LogP contribution in [0.3, 0.4) is 0 Å². The molecule has 7 heteroatoms. The summed E-state index contributed by atoms with van der Waals surface area (Å²) in [4.78, 5) is 18.4. The quantitative estimate of drug-likeness (QED) is 0.920. The number of rotatable bonds is 2. The number of anilines is 1. The number of urea groups is 1. The van der Waals surface area contributed by atoms with E-state index in [2.05, 4.69) is 15.5 Å². The zero-order valence-corrected chi connectivity index (χ0v) is 13.0. The van der Waals surface area contributed by atoms with Gasteiger partial charge in [0.05, 0.1) is 5.92 Å². The lowest BCUT2D eigenvalue weighted by Gasteiger charge is -2.31. The molecule has 1 aromatic carbocycles. The summed E-state index contributed by atoms with van der Waals surface area (Å²) < 4.78 is 5.23. The van der Waals surface area contributed by atoms with Crippen LogP contribution in [0.15, 0.2) is 28.8 Å². The van der Waals surface area contributed by atoms with Crippen molar-refractivity contribution in [3.8, 4) is 0 Å². The van der Waals surface area contributed by atoms with Crippen LogP contribution in [-0.2, 0) is 0 Å². The monoisotopic (exact) mass is 320 g/mol. The number of amides is 2. The number of piperidine rings is 1. The Hall–Kier alpha value is -2.08. The van der Waals surface area contributed by atoms with Crippen LogP contribution in [0.2, 0.25) is 5.02 Å². The summed E-state index contributed by atoms with van der Waals surface area (Å²) in [6.07, 6.45) is 1.86. The molecule has 1 aliphatic rings. The van der Waals surface area contributed by atoms with E-state index in [1.807, 2.05) is 6.07 Å². The number of aryl methyl sites for hydroxylation is 1. The Labute approximate surface area is 133 Å². The average Bonchev–Trinajstić information content (AvgIpc) is 2.94. The molecule has 1 saturated heterocycles. The number of halogens is 1. The molecular weight excluding hydrogens is 304 g/mol. The number of likely N-dealkylation sites (tertiary alicyclic amines) is 1. The average molecular weight is 321 g/mol. The van der Waals surface area contributed by atoms with Crippen molar-refractivity contribution in [3.05, 3.63) is 41.0 Å². The molecular formula is C15H17ClN4O2. The first kappa shape index (κ1) is 14.8. The highest BCUT2D eigenvalue weighted by Gasteiger charge is 2.28. The van der Waals surface area contributed by atoms with Gasteiger partial charge in [0.15, 0.2) is 5.82 Å². The van der Waals surface area contributed by atoms with Gasteiger partial charge < -0.3 is 14.7 Å². The molecule has 6 nitrogen and oxygen atoms in total. The minimum atomic E-state index is -0.136. The molecule has 0 radical (unpaired) electrons. The van der Waals surface area contributed by atoms with E-state index in [4.69, 9.17) is 16.1 Å². The summed E-state index contributed by atoms with van der Waals surface area (Å²) in [5.74, 6) is 1.33. The zero-order valence-electron chi connectivity index (χ0n) is 12.3. The number of nitrogens with zero attached hydrogens (tertiary/aromatic N) is 3. The maximum Gasteiger partial charge on any atom is 0.321 e. The van der Waals surface area contributed by atoms with Gasteiger partial charge in [0.25, 0.3) is 0 Å². The summed E-state index contributed by atoms with van der Waals surface area (Å²) in [6.45, 7) is 3.09. The number of carbonyl (C=O) groups excluding carboxylic acids is 1. The number of carbonyl (C=O) groups is 1. The Kier molecular flexibility index (Phi) is 4.29. The van der Waals surface area contributed by atoms with Crippen molar-refractivity contribution in [3.63, 3.8) is 0 Å². The highest BCUT2D eigenvalue weighted by molar-refractivity contribution is 6.30. The van der Waals surface area contributed by atoms with Gasteiger partial charge in [-0.1, -0.05) is 22.8 Å². The van der Waals surface area contributed by atoms with Crippen molar-refractivity contribution in [2.45, 2.75) is 25.7 Å². The number of benzene rings is 1. The van der Waals surface area contributed by atoms with E-state index in [9.17, 15) is 4.79 Å². The van der Waals surface area contributed by atoms with Crippen LogP contribution in [0, 0.1) is 6.92 Å². The Bertz CT molecular complexity index is 673. The van der Waals surface area contributed by atoms with Gasteiger partial charge >= 0.3 is 6.03 Å². The van der Waals surface area contributed by atoms with Gasteiger partial charge in [-0.05, 0) is 38.0 Å². The predicted octanol–water partition coefficient (Wildman–Crippen LogP) is 3.44. The smallest absolute Gasteiger partial charge is 0.321 e. The van der Waals surface area contributed by atoms with Crippen molar-refractivity contribution < 1.29 is 9.32 Å². The predicted molar refractivity (Wildman–Crippen MR) is 83.1 cm³/mol. The van der Waals surface area contributed by atoms with E-state index in [0.717, 1.165) is 19.4 Å². The van der Waals surface area contributed by atoms with Crippen molar-refractivity contribution >= 4 is 23.3 Å². The fourth-order valence-electron chi connectivity index (χ4n) is 2.61. The van der Waals surface area contributed by atoms with Gasteiger partial charge in [-0.3, -0.25) is 0 Å². The van der Waals surface area contributed by atoms with E-state index < -0.39 is 0 Å². The molecule has 0 spiro atoms. The van der Waals surface area contributed by atoms with Crippen LogP contribution >= 0.6 is 11.6 Å². The van der Waals surface area contributed by atoms with E-state index in [-0.39, 0.29) is 11.9 Å². The second-order valence-corrected chi connectivity index (χ2v) is 5.84. The molecule has 0 aliphatic carbocycles. The van der Waals surface area contributed by atoms with Crippen molar-refractivity contribution in [2.75, 3.05) is 18.4 Å². The fourth-order valence-corrected chi connectivity index (χ4v) is 2.80. The number of hydrogen-bond donors (Lipinski definition) is 1. The van der Waals surface area contributed by atoms with Crippen molar-refractivity contribution in [1.82, 2.24) is 15.0 Å². The van der Waals surface area contributed by atoms with Crippen LogP contribution in [0.1, 0.15) is 30.5 Å². The fraction of sp³-hybridized carbons (Fsp3) is 0.400. The molecule has 2 amide bonds. The molecule has 1 N–H and O–H groups in total. The van der Waals surface area contributed by atoms with E-state index in [1.165, 1.54) is 0 Å². The molecule has 0 bridgehead atoms. The van der Waals surface area contributed by atoms with Gasteiger partial charge in [0.2, 0.25) is 5.89 Å². The summed E-state index contributed by atoms with van der Waals surface area (Å²) in [6, 6.07) is 6.97. The SMILES string of the molecule is Cc1noc(C2CCCN(C(=O)Nc3cccc(Cl)c3)C2)n1. The van der Waals surface area contributed by atoms with Crippen molar-refractivity contribution in [2.24, 2.45) is 0 Å². The van der Waals surface area contributed by atoms with Crippen LogP contribution in [0.25, 0.3) is 0 Å². The molecule has 1 aliphatic heterocycles. The van der Waals surface area contributed by atoms with Gasteiger partial charge in [-0.25, -0.2) is 4.79 Å². The minimum absolute atomic E-state index is 0.0973. The first-order valence-electron chi connectivity index (χ1n) is 7.23.